The van der Waals surface area contributed by atoms with Crippen molar-refractivity contribution in [3.63, 3.8) is 0 Å². The fraction of sp³-hybridized carbons (Fsp3) is 0.538. The molecule has 2 unspecified atom stereocenters. The minimum atomic E-state index is -0.653. The van der Waals surface area contributed by atoms with E-state index < -0.39 is 5.97 Å². The van der Waals surface area contributed by atoms with Gasteiger partial charge < -0.3 is 10.4 Å². The number of aromatic nitrogens is 1. The van der Waals surface area contributed by atoms with Gasteiger partial charge in [-0.1, -0.05) is 6.42 Å². The molecule has 0 spiro atoms. The molecule has 92 valence electrons. The minimum absolute atomic E-state index is 0.176. The molecule has 1 aromatic rings. The Morgan fingerprint density at radius 1 is 1.59 bits per heavy atom. The molecule has 2 N–H and O–H groups in total. The van der Waals surface area contributed by atoms with Gasteiger partial charge in [0.25, 0.3) is 0 Å². The Hall–Kier alpha value is -1.58. The lowest BCUT2D eigenvalue weighted by Gasteiger charge is -2.17. The van der Waals surface area contributed by atoms with Crippen LogP contribution < -0.4 is 5.32 Å². The number of pyridine rings is 1. The third kappa shape index (κ3) is 2.96. The topological polar surface area (TPSA) is 62.2 Å². The van der Waals surface area contributed by atoms with Crippen LogP contribution in [0.1, 0.15) is 25.0 Å². The van der Waals surface area contributed by atoms with Crippen molar-refractivity contribution in [3.8, 4) is 0 Å². The fourth-order valence-electron chi connectivity index (χ4n) is 2.51. The Bertz CT molecular complexity index is 406. The summed E-state index contributed by atoms with van der Waals surface area (Å²) in [5, 5.41) is 12.4. The van der Waals surface area contributed by atoms with Gasteiger partial charge >= 0.3 is 5.97 Å². The summed E-state index contributed by atoms with van der Waals surface area (Å²) in [6, 6.07) is 3.89. The number of carboxylic acid groups (broad SMARTS) is 1. The van der Waals surface area contributed by atoms with Crippen molar-refractivity contribution in [2.45, 2.75) is 26.2 Å². The molecular weight excluding hydrogens is 216 g/mol. The summed E-state index contributed by atoms with van der Waals surface area (Å²) in [5.41, 5.74) is 1.99. The smallest absolute Gasteiger partial charge is 0.306 e. The van der Waals surface area contributed by atoms with Gasteiger partial charge in [0, 0.05) is 24.1 Å². The van der Waals surface area contributed by atoms with Gasteiger partial charge in [-0.3, -0.25) is 9.78 Å². The van der Waals surface area contributed by atoms with Gasteiger partial charge in [-0.15, -0.1) is 0 Å². The van der Waals surface area contributed by atoms with Crippen LogP contribution in [0, 0.1) is 18.8 Å². The molecule has 4 heteroatoms. The molecule has 2 atom stereocenters. The highest BCUT2D eigenvalue weighted by atomic mass is 16.4. The van der Waals surface area contributed by atoms with Crippen LogP contribution in [-0.4, -0.2) is 22.6 Å². The van der Waals surface area contributed by atoms with Crippen LogP contribution in [-0.2, 0) is 4.79 Å². The molecule has 0 aromatic carbocycles. The summed E-state index contributed by atoms with van der Waals surface area (Å²) in [7, 11) is 0. The van der Waals surface area contributed by atoms with Gasteiger partial charge in [-0.05, 0) is 37.8 Å². The van der Waals surface area contributed by atoms with E-state index in [4.69, 9.17) is 5.11 Å². The second kappa shape index (κ2) is 5.17. The number of nitrogens with one attached hydrogen (secondary N) is 1. The summed E-state index contributed by atoms with van der Waals surface area (Å²) < 4.78 is 0. The second-order valence-electron chi connectivity index (χ2n) is 4.70. The van der Waals surface area contributed by atoms with E-state index in [9.17, 15) is 4.79 Å². The van der Waals surface area contributed by atoms with E-state index >= 15 is 0 Å². The minimum Gasteiger partial charge on any atom is -0.481 e. The number of rotatable bonds is 4. The molecule has 4 nitrogen and oxygen atoms in total. The van der Waals surface area contributed by atoms with Crippen molar-refractivity contribution in [1.29, 1.82) is 0 Å². The quantitative estimate of drug-likeness (QED) is 0.839. The number of hydrogen-bond acceptors (Lipinski definition) is 3. The average Bonchev–Trinajstić information content (AvgIpc) is 2.74. The normalized spacial score (nSPS) is 23.6. The standard InChI is InChI=1S/C13H18N2O2/c1-9-7-11(5-6-14-9)15-8-10-3-2-4-12(10)13(16)17/h5-7,10,12H,2-4,8H2,1H3,(H,14,15)(H,16,17). The van der Waals surface area contributed by atoms with E-state index in [0.717, 1.165) is 37.2 Å². The van der Waals surface area contributed by atoms with Crippen LogP contribution in [0.15, 0.2) is 18.3 Å². The predicted octanol–water partition coefficient (Wildman–Crippen LogP) is 2.30. The summed E-state index contributed by atoms with van der Waals surface area (Å²) in [5.74, 6) is -0.577. The Labute approximate surface area is 101 Å². The van der Waals surface area contributed by atoms with E-state index in [1.54, 1.807) is 6.20 Å². The van der Waals surface area contributed by atoms with Crippen LogP contribution in [0.4, 0.5) is 5.69 Å². The van der Waals surface area contributed by atoms with E-state index in [1.165, 1.54) is 0 Å². The van der Waals surface area contributed by atoms with Gasteiger partial charge in [-0.2, -0.15) is 0 Å². The zero-order chi connectivity index (χ0) is 12.3. The Morgan fingerprint density at radius 3 is 3.12 bits per heavy atom. The van der Waals surface area contributed by atoms with Crippen molar-refractivity contribution in [1.82, 2.24) is 4.98 Å². The molecule has 0 saturated heterocycles. The lowest BCUT2D eigenvalue weighted by Crippen LogP contribution is -2.24. The Kier molecular flexibility index (Phi) is 3.61. The molecule has 1 heterocycles. The molecule has 1 saturated carbocycles. The van der Waals surface area contributed by atoms with Gasteiger partial charge in [0.1, 0.15) is 0 Å². The highest BCUT2D eigenvalue weighted by molar-refractivity contribution is 5.70. The van der Waals surface area contributed by atoms with Gasteiger partial charge in [-0.25, -0.2) is 0 Å². The molecule has 17 heavy (non-hydrogen) atoms. The van der Waals surface area contributed by atoms with Crippen LogP contribution in [0.2, 0.25) is 0 Å². The van der Waals surface area contributed by atoms with Crippen molar-refractivity contribution in [2.75, 3.05) is 11.9 Å². The first kappa shape index (κ1) is 11.9. The molecule has 0 amide bonds. The zero-order valence-electron chi connectivity index (χ0n) is 10.0. The summed E-state index contributed by atoms with van der Waals surface area (Å²) in [6.07, 6.45) is 4.62. The number of nitrogens with zero attached hydrogens (tertiary/aromatic N) is 1. The number of anilines is 1. The Morgan fingerprint density at radius 2 is 2.41 bits per heavy atom. The number of aryl methyl sites for hydroxylation is 1. The molecule has 1 aliphatic carbocycles. The number of carboxylic acids is 1. The van der Waals surface area contributed by atoms with E-state index in [2.05, 4.69) is 10.3 Å². The summed E-state index contributed by atoms with van der Waals surface area (Å²) >= 11 is 0. The average molecular weight is 234 g/mol. The third-order valence-electron chi connectivity index (χ3n) is 3.44. The van der Waals surface area contributed by atoms with Crippen molar-refractivity contribution < 1.29 is 9.90 Å². The maximum atomic E-state index is 11.0. The van der Waals surface area contributed by atoms with Gasteiger partial charge in [0.05, 0.1) is 5.92 Å². The monoisotopic (exact) mass is 234 g/mol. The number of hydrogen-bond donors (Lipinski definition) is 2. The maximum absolute atomic E-state index is 11.0. The second-order valence-corrected chi connectivity index (χ2v) is 4.70. The lowest BCUT2D eigenvalue weighted by molar-refractivity contribution is -0.142. The molecule has 1 fully saturated rings. The van der Waals surface area contributed by atoms with Crippen LogP contribution in [0.25, 0.3) is 0 Å². The van der Waals surface area contributed by atoms with Gasteiger partial charge in [0.2, 0.25) is 0 Å². The number of aliphatic carboxylic acids is 1. The Balaban J connectivity index is 1.91. The van der Waals surface area contributed by atoms with Gasteiger partial charge in [0.15, 0.2) is 0 Å². The summed E-state index contributed by atoms with van der Waals surface area (Å²) in [4.78, 5) is 15.2. The fourth-order valence-corrected chi connectivity index (χ4v) is 2.51. The highest BCUT2D eigenvalue weighted by Gasteiger charge is 2.32. The van der Waals surface area contributed by atoms with Crippen LogP contribution in [0.3, 0.4) is 0 Å². The van der Waals surface area contributed by atoms with E-state index in [0.29, 0.717) is 0 Å². The number of carbonyl (C=O) groups is 1. The molecule has 0 bridgehead atoms. The first-order valence-corrected chi connectivity index (χ1v) is 6.06. The molecule has 1 aromatic heterocycles. The largest absolute Gasteiger partial charge is 0.481 e. The molecule has 2 rings (SSSR count). The molecule has 0 radical (unpaired) electrons. The van der Waals surface area contributed by atoms with Crippen molar-refractivity contribution >= 4 is 11.7 Å². The highest BCUT2D eigenvalue weighted by Crippen LogP contribution is 2.32. The van der Waals surface area contributed by atoms with E-state index in [-0.39, 0.29) is 11.8 Å². The molecule has 1 aliphatic rings. The maximum Gasteiger partial charge on any atom is 0.306 e. The molecule has 0 aliphatic heterocycles. The lowest BCUT2D eigenvalue weighted by atomic mass is 9.96. The SMILES string of the molecule is Cc1cc(NCC2CCCC2C(=O)O)ccn1. The summed E-state index contributed by atoms with van der Waals surface area (Å²) in [6.45, 7) is 2.68. The first-order chi connectivity index (χ1) is 8.16. The zero-order valence-corrected chi connectivity index (χ0v) is 10.0. The van der Waals surface area contributed by atoms with Crippen molar-refractivity contribution in [3.05, 3.63) is 24.0 Å². The van der Waals surface area contributed by atoms with Crippen LogP contribution >= 0.6 is 0 Å². The van der Waals surface area contributed by atoms with E-state index in [1.807, 2.05) is 19.1 Å². The molecular formula is C13H18N2O2. The van der Waals surface area contributed by atoms with Crippen LogP contribution in [0.5, 0.6) is 0 Å². The first-order valence-electron chi connectivity index (χ1n) is 6.06. The third-order valence-corrected chi connectivity index (χ3v) is 3.44. The van der Waals surface area contributed by atoms with Crippen molar-refractivity contribution in [2.24, 2.45) is 11.8 Å². The predicted molar refractivity (Wildman–Crippen MR) is 65.9 cm³/mol.